The second-order valence-electron chi connectivity index (χ2n) is 7.91. The third kappa shape index (κ3) is 3.67. The molecular formula is C28H20S4. The molecule has 0 atom stereocenters. The van der Waals surface area contributed by atoms with Crippen molar-refractivity contribution in [3.8, 4) is 19.5 Å². The highest BCUT2D eigenvalue weighted by atomic mass is 32.1. The summed E-state index contributed by atoms with van der Waals surface area (Å²) < 4.78 is 2.72. The molecule has 4 aromatic heterocycles. The summed E-state index contributed by atoms with van der Waals surface area (Å²) in [6.07, 6.45) is 4.57. The maximum atomic E-state index is 2.33. The Kier molecular flexibility index (Phi) is 5.11. The molecule has 0 N–H and O–H groups in total. The number of hydrogen-bond donors (Lipinski definition) is 0. The fourth-order valence-electron chi connectivity index (χ4n) is 3.99. The van der Waals surface area contributed by atoms with Gasteiger partial charge in [-0.25, -0.2) is 0 Å². The average molecular weight is 485 g/mol. The highest BCUT2D eigenvalue weighted by Gasteiger charge is 2.10. The summed E-state index contributed by atoms with van der Waals surface area (Å²) in [5.41, 5.74) is 2.57. The minimum Gasteiger partial charge on any atom is -0.140 e. The van der Waals surface area contributed by atoms with Gasteiger partial charge in [0.15, 0.2) is 0 Å². The normalized spacial score (nSPS) is 11.9. The van der Waals surface area contributed by atoms with E-state index in [-0.39, 0.29) is 0 Å². The average Bonchev–Trinajstić information content (AvgIpc) is 3.57. The van der Waals surface area contributed by atoms with Crippen LogP contribution in [-0.4, -0.2) is 0 Å². The molecule has 0 aliphatic carbocycles. The van der Waals surface area contributed by atoms with Gasteiger partial charge in [-0.3, -0.25) is 0 Å². The van der Waals surface area contributed by atoms with Crippen LogP contribution in [0.4, 0.5) is 0 Å². The van der Waals surface area contributed by atoms with Crippen LogP contribution in [0.15, 0.2) is 72.8 Å². The van der Waals surface area contributed by atoms with Gasteiger partial charge in [-0.15, -0.1) is 45.3 Å². The fraction of sp³-hybridized carbons (Fsp3) is 0.0714. The van der Waals surface area contributed by atoms with Crippen molar-refractivity contribution < 1.29 is 0 Å². The molecule has 6 rings (SSSR count). The van der Waals surface area contributed by atoms with Crippen LogP contribution >= 0.6 is 45.3 Å². The largest absolute Gasteiger partial charge is 0.140 e. The van der Waals surface area contributed by atoms with E-state index in [1.165, 1.54) is 60.6 Å². The summed E-state index contributed by atoms with van der Waals surface area (Å²) >= 11 is 7.53. The molecule has 0 saturated heterocycles. The van der Waals surface area contributed by atoms with Crippen molar-refractivity contribution >= 4 is 77.7 Å². The monoisotopic (exact) mass is 484 g/mol. The minimum absolute atomic E-state index is 1.29. The Morgan fingerprint density at radius 3 is 1.38 bits per heavy atom. The Hall–Kier alpha value is -2.50. The van der Waals surface area contributed by atoms with E-state index in [1.807, 2.05) is 45.3 Å². The second-order valence-corrected chi connectivity index (χ2v) is 12.6. The zero-order valence-corrected chi connectivity index (χ0v) is 21.0. The molecular weight excluding hydrogens is 465 g/mol. The van der Waals surface area contributed by atoms with E-state index in [1.54, 1.807) is 0 Å². The first-order valence-corrected chi connectivity index (χ1v) is 13.8. The Morgan fingerprint density at radius 1 is 0.500 bits per heavy atom. The molecule has 0 aliphatic heterocycles. The standard InChI is InChI=1S/C28H20S4/c1-17-9-13-23(29-17)25-15-21-7-3-5-19(27(21)31-25)11-12-20-6-4-8-22-16-26(32-28(20)22)24-14-10-18(2)30-24/h3-16H,1-2H3/b12-11-. The molecule has 0 aliphatic rings. The number of fused-ring (bicyclic) bond motifs is 2. The topological polar surface area (TPSA) is 0 Å². The molecule has 0 unspecified atom stereocenters. The summed E-state index contributed by atoms with van der Waals surface area (Å²) in [5, 5.41) is 2.64. The van der Waals surface area contributed by atoms with Gasteiger partial charge in [-0.05, 0) is 72.1 Å². The molecule has 0 spiro atoms. The van der Waals surface area contributed by atoms with Crippen LogP contribution in [0, 0.1) is 13.8 Å². The number of benzene rings is 2. The van der Waals surface area contributed by atoms with E-state index in [0.717, 1.165) is 0 Å². The molecule has 0 amide bonds. The first kappa shape index (κ1) is 20.1. The molecule has 0 bridgehead atoms. The van der Waals surface area contributed by atoms with Gasteiger partial charge in [-0.1, -0.05) is 48.6 Å². The number of thiophene rings is 4. The van der Waals surface area contributed by atoms with E-state index in [9.17, 15) is 0 Å². The van der Waals surface area contributed by atoms with E-state index in [2.05, 4.69) is 98.8 Å². The third-order valence-corrected chi connectivity index (χ3v) is 10.4. The van der Waals surface area contributed by atoms with Gasteiger partial charge in [0.1, 0.15) is 0 Å². The smallest absolute Gasteiger partial charge is 0.0455 e. The van der Waals surface area contributed by atoms with Crippen molar-refractivity contribution in [2.75, 3.05) is 0 Å². The highest BCUT2D eigenvalue weighted by Crippen LogP contribution is 2.40. The maximum absolute atomic E-state index is 2.33. The lowest BCUT2D eigenvalue weighted by Gasteiger charge is -1.98. The number of aryl methyl sites for hydroxylation is 2. The van der Waals surface area contributed by atoms with Crippen LogP contribution in [-0.2, 0) is 0 Å². The number of rotatable bonds is 4. The molecule has 0 saturated carbocycles. The predicted octanol–water partition coefficient (Wildman–Crippen LogP) is 10.4. The highest BCUT2D eigenvalue weighted by molar-refractivity contribution is 7.27. The van der Waals surface area contributed by atoms with Crippen molar-refractivity contribution in [2.24, 2.45) is 0 Å². The third-order valence-electron chi connectivity index (χ3n) is 5.56. The van der Waals surface area contributed by atoms with Crippen LogP contribution in [0.2, 0.25) is 0 Å². The van der Waals surface area contributed by atoms with Gasteiger partial charge >= 0.3 is 0 Å². The molecule has 156 valence electrons. The predicted molar refractivity (Wildman–Crippen MR) is 149 cm³/mol. The van der Waals surface area contributed by atoms with E-state index in [4.69, 9.17) is 0 Å². The zero-order chi connectivity index (χ0) is 21.7. The first-order valence-electron chi connectivity index (χ1n) is 10.5. The Morgan fingerprint density at radius 2 is 0.969 bits per heavy atom. The molecule has 0 fully saturated rings. The van der Waals surface area contributed by atoms with Crippen molar-refractivity contribution in [3.63, 3.8) is 0 Å². The summed E-state index contributed by atoms with van der Waals surface area (Å²) in [6.45, 7) is 4.34. The van der Waals surface area contributed by atoms with Gasteiger partial charge in [0.2, 0.25) is 0 Å². The lowest BCUT2D eigenvalue weighted by molar-refractivity contribution is 1.64. The molecule has 6 aromatic rings. The van der Waals surface area contributed by atoms with Crippen molar-refractivity contribution in [1.29, 1.82) is 0 Å². The zero-order valence-electron chi connectivity index (χ0n) is 17.7. The maximum Gasteiger partial charge on any atom is 0.0455 e. The quantitative estimate of drug-likeness (QED) is 0.218. The van der Waals surface area contributed by atoms with Crippen LogP contribution < -0.4 is 0 Å². The Balaban J connectivity index is 1.39. The van der Waals surface area contributed by atoms with Crippen molar-refractivity contribution in [1.82, 2.24) is 0 Å². The number of hydrogen-bond acceptors (Lipinski definition) is 4. The minimum atomic E-state index is 1.29. The lowest BCUT2D eigenvalue weighted by Crippen LogP contribution is -1.74. The van der Waals surface area contributed by atoms with Crippen LogP contribution in [0.5, 0.6) is 0 Å². The van der Waals surface area contributed by atoms with E-state index < -0.39 is 0 Å². The fourth-order valence-corrected chi connectivity index (χ4v) is 8.19. The van der Waals surface area contributed by atoms with Crippen molar-refractivity contribution in [2.45, 2.75) is 13.8 Å². The molecule has 0 radical (unpaired) electrons. The van der Waals surface area contributed by atoms with Crippen LogP contribution in [0.25, 0.3) is 51.8 Å². The first-order chi connectivity index (χ1) is 15.6. The van der Waals surface area contributed by atoms with Crippen molar-refractivity contribution in [3.05, 3.63) is 93.7 Å². The van der Waals surface area contributed by atoms with Crippen LogP contribution in [0.1, 0.15) is 20.9 Å². The molecule has 4 heterocycles. The van der Waals surface area contributed by atoms with Gasteiger partial charge < -0.3 is 0 Å². The molecule has 0 nitrogen and oxygen atoms in total. The van der Waals surface area contributed by atoms with E-state index in [0.29, 0.717) is 0 Å². The van der Waals surface area contributed by atoms with Gasteiger partial charge in [0.25, 0.3) is 0 Å². The summed E-state index contributed by atoms with van der Waals surface area (Å²) in [4.78, 5) is 8.15. The summed E-state index contributed by atoms with van der Waals surface area (Å²) in [5.74, 6) is 0. The second kappa shape index (κ2) is 8.13. The molecule has 2 aromatic carbocycles. The molecule has 32 heavy (non-hydrogen) atoms. The van der Waals surface area contributed by atoms with Gasteiger partial charge in [-0.2, -0.15) is 0 Å². The Labute approximate surface area is 203 Å². The lowest BCUT2D eigenvalue weighted by atomic mass is 10.1. The summed E-state index contributed by atoms with van der Waals surface area (Å²) in [7, 11) is 0. The van der Waals surface area contributed by atoms with Gasteiger partial charge in [0.05, 0.1) is 0 Å². The van der Waals surface area contributed by atoms with Gasteiger partial charge in [0, 0.05) is 38.7 Å². The SMILES string of the molecule is Cc1ccc(-c2cc3cccc(/C=C\c4cccc5cc(-c6ccc(C)s6)sc45)c3s2)s1. The molecule has 4 heteroatoms. The van der Waals surface area contributed by atoms with E-state index >= 15 is 0 Å². The Bertz CT molecular complexity index is 1480. The summed E-state index contributed by atoms with van der Waals surface area (Å²) in [6, 6.07) is 26.8. The van der Waals surface area contributed by atoms with Crippen LogP contribution in [0.3, 0.4) is 0 Å².